The molecule has 0 saturated carbocycles. The second-order valence-electron chi connectivity index (χ2n) is 6.51. The van der Waals surface area contributed by atoms with Crippen molar-refractivity contribution in [1.82, 2.24) is 20.5 Å². The third-order valence-electron chi connectivity index (χ3n) is 4.49. The zero-order valence-electron chi connectivity index (χ0n) is 14.6. The predicted octanol–water partition coefficient (Wildman–Crippen LogP) is 3.07. The van der Waals surface area contributed by atoms with Gasteiger partial charge in [0, 0.05) is 19.3 Å². The van der Waals surface area contributed by atoms with E-state index in [1.54, 1.807) is 6.20 Å². The van der Waals surface area contributed by atoms with Crippen molar-refractivity contribution in [3.63, 3.8) is 0 Å². The van der Waals surface area contributed by atoms with Crippen LogP contribution in [0.15, 0.2) is 48.7 Å². The normalized spacial score (nSPS) is 14.9. The molecular weight excluding hydrogens is 312 g/mol. The Balaban J connectivity index is 1.39. The Morgan fingerprint density at radius 1 is 0.920 bits per heavy atom. The van der Waals surface area contributed by atoms with Crippen LogP contribution in [0.2, 0.25) is 0 Å². The van der Waals surface area contributed by atoms with Crippen LogP contribution >= 0.6 is 0 Å². The summed E-state index contributed by atoms with van der Waals surface area (Å²) < 4.78 is 0. The highest BCUT2D eigenvalue weighted by molar-refractivity contribution is 5.73. The number of hydrogen-bond acceptors (Lipinski definition) is 3. The van der Waals surface area contributed by atoms with Crippen LogP contribution in [-0.4, -0.2) is 29.0 Å². The van der Waals surface area contributed by atoms with E-state index in [-0.39, 0.29) is 6.03 Å². The van der Waals surface area contributed by atoms with Gasteiger partial charge in [0.2, 0.25) is 0 Å². The lowest BCUT2D eigenvalue weighted by Gasteiger charge is -2.26. The number of hydrogen-bond donors (Lipinski definition) is 2. The van der Waals surface area contributed by atoms with E-state index >= 15 is 0 Å². The fourth-order valence-electron chi connectivity index (χ4n) is 3.06. The minimum absolute atomic E-state index is 0.178. The summed E-state index contributed by atoms with van der Waals surface area (Å²) in [5.41, 5.74) is 3.29. The third kappa shape index (κ3) is 5.87. The largest absolute Gasteiger partial charge is 0.334 e. The number of likely N-dealkylation sites (tertiary alicyclic amines) is 1. The summed E-state index contributed by atoms with van der Waals surface area (Å²) in [4.78, 5) is 18.6. The Hall–Kier alpha value is -2.40. The van der Waals surface area contributed by atoms with Gasteiger partial charge in [-0.15, -0.1) is 0 Å². The summed E-state index contributed by atoms with van der Waals surface area (Å²) in [7, 11) is 0. The first-order valence-electron chi connectivity index (χ1n) is 9.01. The molecule has 25 heavy (non-hydrogen) atoms. The molecular formula is C20H26N4O. The maximum absolute atomic E-state index is 11.9. The van der Waals surface area contributed by atoms with Crippen LogP contribution in [0.4, 0.5) is 4.79 Å². The Morgan fingerprint density at radius 2 is 1.64 bits per heavy atom. The van der Waals surface area contributed by atoms with E-state index < -0.39 is 0 Å². The summed E-state index contributed by atoms with van der Waals surface area (Å²) in [6.45, 7) is 4.40. The standard InChI is InChI=1S/C20H26N4O/c25-20(23-15-19-6-2-3-11-21-19)22-14-17-7-9-18(10-8-17)16-24-12-4-1-5-13-24/h2-3,6-11H,1,4-5,12-16H2,(H2,22,23,25). The number of amides is 2. The van der Waals surface area contributed by atoms with Crippen molar-refractivity contribution in [1.29, 1.82) is 0 Å². The van der Waals surface area contributed by atoms with Gasteiger partial charge in [-0.05, 0) is 49.2 Å². The van der Waals surface area contributed by atoms with Crippen LogP contribution in [-0.2, 0) is 19.6 Å². The van der Waals surface area contributed by atoms with Gasteiger partial charge in [-0.3, -0.25) is 9.88 Å². The fourth-order valence-corrected chi connectivity index (χ4v) is 3.06. The van der Waals surface area contributed by atoms with Crippen molar-refractivity contribution in [2.75, 3.05) is 13.1 Å². The van der Waals surface area contributed by atoms with Gasteiger partial charge in [-0.1, -0.05) is 36.8 Å². The van der Waals surface area contributed by atoms with Crippen LogP contribution in [0.25, 0.3) is 0 Å². The molecule has 5 nitrogen and oxygen atoms in total. The van der Waals surface area contributed by atoms with Gasteiger partial charge in [0.05, 0.1) is 12.2 Å². The zero-order chi connectivity index (χ0) is 17.3. The van der Waals surface area contributed by atoms with E-state index in [1.807, 2.05) is 18.2 Å². The van der Waals surface area contributed by atoms with Crippen molar-refractivity contribution in [3.05, 3.63) is 65.5 Å². The van der Waals surface area contributed by atoms with Gasteiger partial charge in [0.15, 0.2) is 0 Å². The first-order chi connectivity index (χ1) is 12.3. The topological polar surface area (TPSA) is 57.3 Å². The number of piperidine rings is 1. The SMILES string of the molecule is O=C(NCc1ccc(CN2CCCCC2)cc1)NCc1ccccn1. The number of carbonyl (C=O) groups is 1. The van der Waals surface area contributed by atoms with E-state index in [4.69, 9.17) is 0 Å². The van der Waals surface area contributed by atoms with E-state index in [0.717, 1.165) is 17.8 Å². The molecule has 1 aromatic heterocycles. The van der Waals surface area contributed by atoms with Gasteiger partial charge in [-0.25, -0.2) is 4.79 Å². The first kappa shape index (κ1) is 17.4. The quantitative estimate of drug-likeness (QED) is 0.851. The second kappa shape index (κ2) is 9.18. The molecule has 1 saturated heterocycles. The number of rotatable bonds is 6. The van der Waals surface area contributed by atoms with Crippen molar-refractivity contribution in [3.8, 4) is 0 Å². The van der Waals surface area contributed by atoms with E-state index in [9.17, 15) is 4.79 Å². The average molecular weight is 338 g/mol. The molecule has 0 atom stereocenters. The zero-order valence-corrected chi connectivity index (χ0v) is 14.6. The maximum Gasteiger partial charge on any atom is 0.315 e. The van der Waals surface area contributed by atoms with Crippen molar-refractivity contribution in [2.45, 2.75) is 38.9 Å². The fraction of sp³-hybridized carbons (Fsp3) is 0.400. The maximum atomic E-state index is 11.9. The summed E-state index contributed by atoms with van der Waals surface area (Å²) in [6.07, 6.45) is 5.72. The molecule has 0 spiro atoms. The van der Waals surface area contributed by atoms with Crippen LogP contribution in [0, 0.1) is 0 Å². The van der Waals surface area contributed by atoms with Crippen LogP contribution in [0.1, 0.15) is 36.1 Å². The lowest BCUT2D eigenvalue weighted by molar-refractivity contribution is 0.221. The lowest BCUT2D eigenvalue weighted by Crippen LogP contribution is -2.34. The van der Waals surface area contributed by atoms with Crippen LogP contribution in [0.5, 0.6) is 0 Å². The van der Waals surface area contributed by atoms with Crippen molar-refractivity contribution < 1.29 is 4.79 Å². The molecule has 0 bridgehead atoms. The predicted molar refractivity (Wildman–Crippen MR) is 98.9 cm³/mol. The number of urea groups is 1. The minimum atomic E-state index is -0.178. The smallest absolute Gasteiger partial charge is 0.315 e. The highest BCUT2D eigenvalue weighted by atomic mass is 16.2. The first-order valence-corrected chi connectivity index (χ1v) is 9.01. The van der Waals surface area contributed by atoms with Crippen molar-refractivity contribution in [2.24, 2.45) is 0 Å². The molecule has 5 heteroatoms. The summed E-state index contributed by atoms with van der Waals surface area (Å²) in [5, 5.41) is 5.70. The Labute approximate surface area is 149 Å². The number of benzene rings is 1. The lowest BCUT2D eigenvalue weighted by atomic mass is 10.1. The molecule has 1 fully saturated rings. The molecule has 0 unspecified atom stereocenters. The Kier molecular flexibility index (Phi) is 6.40. The molecule has 1 aliphatic heterocycles. The van der Waals surface area contributed by atoms with E-state index in [0.29, 0.717) is 13.1 Å². The highest BCUT2D eigenvalue weighted by Crippen LogP contribution is 2.13. The van der Waals surface area contributed by atoms with Gasteiger partial charge in [0.1, 0.15) is 0 Å². The molecule has 2 aromatic rings. The summed E-state index contributed by atoms with van der Waals surface area (Å²) in [5.74, 6) is 0. The summed E-state index contributed by atoms with van der Waals surface area (Å²) >= 11 is 0. The second-order valence-corrected chi connectivity index (χ2v) is 6.51. The van der Waals surface area contributed by atoms with Crippen LogP contribution < -0.4 is 10.6 Å². The molecule has 0 aliphatic carbocycles. The number of carbonyl (C=O) groups excluding carboxylic acids is 1. The van der Waals surface area contributed by atoms with Gasteiger partial charge in [-0.2, -0.15) is 0 Å². The molecule has 2 heterocycles. The molecule has 1 aromatic carbocycles. The minimum Gasteiger partial charge on any atom is -0.334 e. The van der Waals surface area contributed by atoms with Gasteiger partial charge in [0.25, 0.3) is 0 Å². The highest BCUT2D eigenvalue weighted by Gasteiger charge is 2.10. The number of nitrogens with one attached hydrogen (secondary N) is 2. The van der Waals surface area contributed by atoms with Crippen molar-refractivity contribution >= 4 is 6.03 Å². The van der Waals surface area contributed by atoms with Crippen LogP contribution in [0.3, 0.4) is 0 Å². The number of pyridine rings is 1. The number of aromatic nitrogens is 1. The van der Waals surface area contributed by atoms with Gasteiger partial charge >= 0.3 is 6.03 Å². The Bertz CT molecular complexity index is 651. The van der Waals surface area contributed by atoms with E-state index in [1.165, 1.54) is 37.9 Å². The Morgan fingerprint density at radius 3 is 2.36 bits per heavy atom. The average Bonchev–Trinajstić information content (AvgIpc) is 2.67. The molecule has 2 amide bonds. The van der Waals surface area contributed by atoms with E-state index in [2.05, 4.69) is 44.8 Å². The summed E-state index contributed by atoms with van der Waals surface area (Å²) in [6, 6.07) is 14.0. The molecule has 2 N–H and O–H groups in total. The monoisotopic (exact) mass is 338 g/mol. The van der Waals surface area contributed by atoms with Gasteiger partial charge < -0.3 is 10.6 Å². The molecule has 3 rings (SSSR count). The molecule has 1 aliphatic rings. The molecule has 0 radical (unpaired) electrons. The third-order valence-corrected chi connectivity index (χ3v) is 4.49. The molecule has 132 valence electrons. The number of nitrogens with zero attached hydrogens (tertiary/aromatic N) is 2.